The summed E-state index contributed by atoms with van der Waals surface area (Å²) in [6.07, 6.45) is 4.64. The topological polar surface area (TPSA) is 142 Å². The van der Waals surface area contributed by atoms with Gasteiger partial charge in [-0.3, -0.25) is 9.59 Å². The van der Waals surface area contributed by atoms with Crippen LogP contribution in [0, 0.1) is 0 Å². The third-order valence-electron chi connectivity index (χ3n) is 3.38. The van der Waals surface area contributed by atoms with E-state index in [2.05, 4.69) is 4.98 Å². The number of nitrogens with two attached hydrogens (primary N) is 2. The molecule has 0 amide bonds. The Hall–Kier alpha value is -2.03. The smallest absolute Gasteiger partial charge is 0.320 e. The van der Waals surface area contributed by atoms with E-state index in [0.29, 0.717) is 12.8 Å². The number of rotatable bonds is 7. The van der Waals surface area contributed by atoms with Crippen LogP contribution in [0.4, 0.5) is 0 Å². The SMILES string of the molecule is CSCCC(N)C(=O)O.NC(Cc1c[nH]c2ccccc12)C(=O)O. The van der Waals surface area contributed by atoms with Crippen LogP contribution in [-0.4, -0.2) is 51.2 Å². The number of carbonyl (C=O) groups is 2. The summed E-state index contributed by atoms with van der Waals surface area (Å²) in [6.45, 7) is 0. The van der Waals surface area contributed by atoms with Crippen molar-refractivity contribution in [2.75, 3.05) is 12.0 Å². The molecule has 0 saturated carbocycles. The number of nitrogens with one attached hydrogen (secondary N) is 1. The molecule has 0 saturated heterocycles. The number of hydrogen-bond acceptors (Lipinski definition) is 5. The Kier molecular flexibility index (Phi) is 8.31. The van der Waals surface area contributed by atoms with Gasteiger partial charge in [0.1, 0.15) is 12.1 Å². The van der Waals surface area contributed by atoms with Gasteiger partial charge in [0.15, 0.2) is 0 Å². The summed E-state index contributed by atoms with van der Waals surface area (Å²) < 4.78 is 0. The standard InChI is InChI=1S/C11H12N2O2.C5H11NO2S/c12-9(11(14)15)5-7-6-13-10-4-2-1-3-8(7)10;1-9-3-2-4(6)5(7)8/h1-4,6,9,13H,5,12H2,(H,14,15);4H,2-3,6H2,1H3,(H,7,8). The van der Waals surface area contributed by atoms with Crippen LogP contribution in [0.15, 0.2) is 30.5 Å². The quantitative estimate of drug-likeness (QED) is 0.504. The van der Waals surface area contributed by atoms with Crippen LogP contribution in [0.5, 0.6) is 0 Å². The Balaban J connectivity index is 0.000000277. The molecule has 24 heavy (non-hydrogen) atoms. The van der Waals surface area contributed by atoms with Gasteiger partial charge in [-0.15, -0.1) is 0 Å². The van der Waals surface area contributed by atoms with Crippen LogP contribution < -0.4 is 11.5 Å². The number of H-pyrrole nitrogens is 1. The van der Waals surface area contributed by atoms with Crippen molar-refractivity contribution in [3.63, 3.8) is 0 Å². The summed E-state index contributed by atoms with van der Waals surface area (Å²) in [7, 11) is 0. The second-order valence-corrected chi connectivity index (χ2v) is 6.22. The van der Waals surface area contributed by atoms with Crippen LogP contribution in [-0.2, 0) is 16.0 Å². The zero-order chi connectivity index (χ0) is 18.1. The number of hydrogen-bond donors (Lipinski definition) is 5. The highest BCUT2D eigenvalue weighted by atomic mass is 32.2. The maximum Gasteiger partial charge on any atom is 0.320 e. The van der Waals surface area contributed by atoms with E-state index in [1.165, 1.54) is 0 Å². The third kappa shape index (κ3) is 6.23. The molecule has 0 fully saturated rings. The van der Waals surface area contributed by atoms with Gasteiger partial charge in [-0.2, -0.15) is 11.8 Å². The molecule has 2 unspecified atom stereocenters. The first-order valence-electron chi connectivity index (χ1n) is 7.37. The summed E-state index contributed by atoms with van der Waals surface area (Å²) in [5.41, 5.74) is 12.6. The van der Waals surface area contributed by atoms with E-state index >= 15 is 0 Å². The van der Waals surface area contributed by atoms with Crippen LogP contribution in [0.1, 0.15) is 12.0 Å². The maximum absolute atomic E-state index is 10.6. The van der Waals surface area contributed by atoms with Crippen molar-refractivity contribution in [3.8, 4) is 0 Å². The van der Waals surface area contributed by atoms with Crippen molar-refractivity contribution >= 4 is 34.6 Å². The maximum atomic E-state index is 10.6. The molecule has 8 heteroatoms. The third-order valence-corrected chi connectivity index (χ3v) is 4.03. The monoisotopic (exact) mass is 353 g/mol. The predicted octanol–water partition coefficient (Wildman–Crippen LogP) is 1.27. The molecule has 1 aromatic heterocycles. The molecular weight excluding hydrogens is 330 g/mol. The van der Waals surface area contributed by atoms with E-state index in [4.69, 9.17) is 21.7 Å². The fourth-order valence-electron chi connectivity index (χ4n) is 1.99. The molecule has 1 heterocycles. The van der Waals surface area contributed by atoms with Gasteiger partial charge in [-0.05, 0) is 30.1 Å². The fourth-order valence-corrected chi connectivity index (χ4v) is 2.48. The summed E-state index contributed by atoms with van der Waals surface area (Å²) in [6, 6.07) is 6.23. The first-order chi connectivity index (χ1) is 11.4. The summed E-state index contributed by atoms with van der Waals surface area (Å²) >= 11 is 1.60. The van der Waals surface area contributed by atoms with Crippen LogP contribution in [0.3, 0.4) is 0 Å². The van der Waals surface area contributed by atoms with Gasteiger partial charge in [-0.1, -0.05) is 18.2 Å². The minimum Gasteiger partial charge on any atom is -0.480 e. The second-order valence-electron chi connectivity index (χ2n) is 5.23. The van der Waals surface area contributed by atoms with Gasteiger partial charge in [-0.25, -0.2) is 0 Å². The molecule has 132 valence electrons. The van der Waals surface area contributed by atoms with E-state index in [1.807, 2.05) is 36.7 Å². The molecule has 2 atom stereocenters. The predicted molar refractivity (Wildman–Crippen MR) is 96.2 cm³/mol. The molecule has 2 rings (SSSR count). The highest BCUT2D eigenvalue weighted by Crippen LogP contribution is 2.18. The summed E-state index contributed by atoms with van der Waals surface area (Å²) in [5, 5.41) is 18.0. The van der Waals surface area contributed by atoms with Crippen molar-refractivity contribution < 1.29 is 19.8 Å². The van der Waals surface area contributed by atoms with E-state index in [9.17, 15) is 9.59 Å². The molecule has 0 aliphatic heterocycles. The number of carboxylic acids is 2. The van der Waals surface area contributed by atoms with Crippen molar-refractivity contribution in [3.05, 3.63) is 36.0 Å². The lowest BCUT2D eigenvalue weighted by atomic mass is 10.1. The Bertz CT molecular complexity index is 674. The van der Waals surface area contributed by atoms with Gasteiger partial charge in [0, 0.05) is 23.5 Å². The van der Waals surface area contributed by atoms with Crippen molar-refractivity contribution in [1.82, 2.24) is 4.98 Å². The van der Waals surface area contributed by atoms with Crippen LogP contribution in [0.25, 0.3) is 10.9 Å². The van der Waals surface area contributed by atoms with Crippen LogP contribution >= 0.6 is 11.8 Å². The summed E-state index contributed by atoms with van der Waals surface area (Å²) in [5.74, 6) is -1.07. The number of aliphatic carboxylic acids is 2. The molecule has 7 N–H and O–H groups in total. The molecule has 0 spiro atoms. The Morgan fingerprint density at radius 2 is 1.79 bits per heavy atom. The zero-order valence-electron chi connectivity index (χ0n) is 13.4. The number of aromatic nitrogens is 1. The molecule has 0 aliphatic carbocycles. The van der Waals surface area contributed by atoms with Crippen molar-refractivity contribution in [1.29, 1.82) is 0 Å². The first kappa shape index (κ1) is 20.0. The minimum atomic E-state index is -0.972. The van der Waals surface area contributed by atoms with Crippen molar-refractivity contribution in [2.24, 2.45) is 11.5 Å². The van der Waals surface area contributed by atoms with Crippen LogP contribution in [0.2, 0.25) is 0 Å². The Morgan fingerprint density at radius 3 is 2.38 bits per heavy atom. The molecular formula is C16H23N3O4S. The molecule has 1 aromatic carbocycles. The lowest BCUT2D eigenvalue weighted by molar-refractivity contribution is -0.139. The zero-order valence-corrected chi connectivity index (χ0v) is 14.3. The molecule has 0 radical (unpaired) electrons. The molecule has 7 nitrogen and oxygen atoms in total. The lowest BCUT2D eigenvalue weighted by Crippen LogP contribution is -2.32. The van der Waals surface area contributed by atoms with E-state index in [0.717, 1.165) is 22.2 Å². The molecule has 0 bridgehead atoms. The van der Waals surface area contributed by atoms with E-state index in [1.54, 1.807) is 11.8 Å². The highest BCUT2D eigenvalue weighted by Gasteiger charge is 2.14. The average Bonchev–Trinajstić information content (AvgIpc) is 2.96. The van der Waals surface area contributed by atoms with Crippen molar-refractivity contribution in [2.45, 2.75) is 24.9 Å². The van der Waals surface area contributed by atoms with Gasteiger partial charge in [0.25, 0.3) is 0 Å². The number of benzene rings is 1. The number of carboxylic acid groups (broad SMARTS) is 2. The second kappa shape index (κ2) is 9.96. The number of para-hydroxylation sites is 1. The van der Waals surface area contributed by atoms with E-state index in [-0.39, 0.29) is 0 Å². The largest absolute Gasteiger partial charge is 0.480 e. The lowest BCUT2D eigenvalue weighted by Gasteiger charge is -2.04. The number of thioether (sulfide) groups is 1. The van der Waals surface area contributed by atoms with E-state index < -0.39 is 24.0 Å². The minimum absolute atomic E-state index is 0.347. The van der Waals surface area contributed by atoms with Gasteiger partial charge in [0.2, 0.25) is 0 Å². The average molecular weight is 353 g/mol. The molecule has 0 aliphatic rings. The normalized spacial score (nSPS) is 13.0. The Labute approximate surface area is 144 Å². The van der Waals surface area contributed by atoms with Gasteiger partial charge >= 0.3 is 11.9 Å². The van der Waals surface area contributed by atoms with Gasteiger partial charge in [0.05, 0.1) is 0 Å². The van der Waals surface area contributed by atoms with Gasteiger partial charge < -0.3 is 26.7 Å². The molecule has 2 aromatic rings. The highest BCUT2D eigenvalue weighted by molar-refractivity contribution is 7.98. The number of fused-ring (bicyclic) bond motifs is 1. The fraction of sp³-hybridized carbons (Fsp3) is 0.375. The summed E-state index contributed by atoms with van der Waals surface area (Å²) in [4.78, 5) is 23.8. The number of aromatic amines is 1. The Morgan fingerprint density at radius 1 is 1.17 bits per heavy atom. The first-order valence-corrected chi connectivity index (χ1v) is 8.76.